The molecule has 1 fully saturated rings. The van der Waals surface area contributed by atoms with E-state index >= 15 is 0 Å². The van der Waals surface area contributed by atoms with Crippen LogP contribution in [0, 0.1) is 0 Å². The number of carbonyl (C=O) groups is 1. The van der Waals surface area contributed by atoms with E-state index < -0.39 is 27.4 Å². The van der Waals surface area contributed by atoms with Gasteiger partial charge < -0.3 is 4.74 Å². The summed E-state index contributed by atoms with van der Waals surface area (Å²) in [4.78, 5) is 42.6. The third kappa shape index (κ3) is 3.33. The number of benzene rings is 1. The van der Waals surface area contributed by atoms with Gasteiger partial charge in [0.15, 0.2) is 0 Å². The molecule has 4 rings (SSSR count). The second kappa shape index (κ2) is 6.74. The first-order chi connectivity index (χ1) is 13.8. The van der Waals surface area contributed by atoms with E-state index in [1.165, 1.54) is 24.1 Å². The Morgan fingerprint density at radius 2 is 2.00 bits per heavy atom. The van der Waals surface area contributed by atoms with Gasteiger partial charge in [0.25, 0.3) is 15.6 Å². The van der Waals surface area contributed by atoms with Gasteiger partial charge in [-0.3, -0.25) is 24.0 Å². The highest BCUT2D eigenvalue weighted by molar-refractivity contribution is 7.92. The van der Waals surface area contributed by atoms with Crippen molar-refractivity contribution in [1.29, 1.82) is 0 Å². The number of nitrogens with one attached hydrogen (secondary N) is 2. The monoisotopic (exact) mass is 417 g/mol. The largest absolute Gasteiger partial charge is 0.447 e. The first kappa shape index (κ1) is 18.7. The molecule has 0 aliphatic carbocycles. The number of anilines is 2. The minimum absolute atomic E-state index is 0.0384. The first-order valence-corrected chi connectivity index (χ1v) is 9.91. The van der Waals surface area contributed by atoms with Crippen LogP contribution in [0.1, 0.15) is 0 Å². The highest BCUT2D eigenvalue weighted by Gasteiger charge is 2.24. The van der Waals surface area contributed by atoms with Crippen molar-refractivity contribution in [2.75, 3.05) is 22.8 Å². The van der Waals surface area contributed by atoms with E-state index in [4.69, 9.17) is 4.74 Å². The Kier molecular flexibility index (Phi) is 4.34. The Labute approximate surface area is 163 Å². The van der Waals surface area contributed by atoms with E-state index in [0.29, 0.717) is 12.2 Å². The van der Waals surface area contributed by atoms with Crippen molar-refractivity contribution in [3.05, 3.63) is 57.4 Å². The van der Waals surface area contributed by atoms with Gasteiger partial charge in [-0.2, -0.15) is 0 Å². The molecule has 1 aromatic carbocycles. The van der Waals surface area contributed by atoms with Gasteiger partial charge in [0, 0.05) is 18.9 Å². The molecular formula is C17H15N5O6S. The molecule has 1 amide bonds. The van der Waals surface area contributed by atoms with Crippen LogP contribution in [0.4, 0.5) is 16.2 Å². The number of hydrogen-bond donors (Lipinski definition) is 2. The molecule has 0 saturated carbocycles. The van der Waals surface area contributed by atoms with E-state index in [1.807, 2.05) is 0 Å². The molecule has 2 aromatic heterocycles. The number of rotatable bonds is 4. The molecule has 29 heavy (non-hydrogen) atoms. The van der Waals surface area contributed by atoms with Gasteiger partial charge in [-0.15, -0.1) is 0 Å². The molecule has 3 aromatic rings. The average Bonchev–Trinajstić information content (AvgIpc) is 3.11. The lowest BCUT2D eigenvalue weighted by atomic mass is 10.2. The standard InChI is InChI=1S/C17H15N5O6S/c1-21-14-13(15(23)19-16(21)24)8-12(9-18-14)29(26,27)20-10-3-2-4-11(7-10)22-5-6-28-17(22)25/h2-4,7-9,20H,5-6H2,1H3,(H,19,23,24). The lowest BCUT2D eigenvalue weighted by molar-refractivity contribution is 0.181. The number of fused-ring (bicyclic) bond motifs is 1. The van der Waals surface area contributed by atoms with Crippen molar-refractivity contribution < 1.29 is 17.9 Å². The van der Waals surface area contributed by atoms with Gasteiger partial charge in [0.05, 0.1) is 17.6 Å². The van der Waals surface area contributed by atoms with Crippen LogP contribution < -0.4 is 20.9 Å². The summed E-state index contributed by atoms with van der Waals surface area (Å²) >= 11 is 0. The van der Waals surface area contributed by atoms with Gasteiger partial charge in [-0.1, -0.05) is 6.07 Å². The summed E-state index contributed by atoms with van der Waals surface area (Å²) in [5.41, 5.74) is -0.622. The Hall–Kier alpha value is -3.67. The molecule has 150 valence electrons. The molecule has 0 spiro atoms. The zero-order valence-electron chi connectivity index (χ0n) is 15.1. The topological polar surface area (TPSA) is 143 Å². The number of aromatic amines is 1. The van der Waals surface area contributed by atoms with Crippen molar-refractivity contribution in [2.45, 2.75) is 4.90 Å². The van der Waals surface area contributed by atoms with E-state index in [2.05, 4.69) is 14.7 Å². The van der Waals surface area contributed by atoms with Crippen LogP contribution in [0.5, 0.6) is 0 Å². The zero-order valence-corrected chi connectivity index (χ0v) is 15.9. The molecule has 12 heteroatoms. The number of nitrogens with zero attached hydrogens (tertiary/aromatic N) is 3. The summed E-state index contributed by atoms with van der Waals surface area (Å²) < 4.78 is 33.9. The number of ether oxygens (including phenoxy) is 1. The smallest absolute Gasteiger partial charge is 0.414 e. The number of cyclic esters (lactones) is 1. The highest BCUT2D eigenvalue weighted by atomic mass is 32.2. The number of aromatic nitrogens is 3. The number of H-pyrrole nitrogens is 1. The molecule has 11 nitrogen and oxygen atoms in total. The molecule has 0 bridgehead atoms. The third-order valence-corrected chi connectivity index (χ3v) is 5.76. The quantitative estimate of drug-likeness (QED) is 0.624. The summed E-state index contributed by atoms with van der Waals surface area (Å²) in [6.45, 7) is 0.625. The van der Waals surface area contributed by atoms with Gasteiger partial charge in [-0.25, -0.2) is 23.0 Å². The molecule has 0 unspecified atom stereocenters. The highest BCUT2D eigenvalue weighted by Crippen LogP contribution is 2.24. The van der Waals surface area contributed by atoms with Gasteiger partial charge >= 0.3 is 11.8 Å². The number of carbonyl (C=O) groups excluding carboxylic acids is 1. The average molecular weight is 417 g/mol. The van der Waals surface area contributed by atoms with Crippen LogP contribution in [0.25, 0.3) is 11.0 Å². The first-order valence-electron chi connectivity index (χ1n) is 8.42. The lowest BCUT2D eigenvalue weighted by Crippen LogP contribution is -2.29. The van der Waals surface area contributed by atoms with E-state index in [0.717, 1.165) is 16.8 Å². The van der Waals surface area contributed by atoms with Crippen LogP contribution in [-0.2, 0) is 21.8 Å². The Morgan fingerprint density at radius 1 is 1.21 bits per heavy atom. The van der Waals surface area contributed by atoms with Crippen LogP contribution in [0.3, 0.4) is 0 Å². The summed E-state index contributed by atoms with van der Waals surface area (Å²) in [5, 5.41) is -0.0384. The van der Waals surface area contributed by atoms with Gasteiger partial charge in [0.1, 0.15) is 17.1 Å². The molecule has 2 N–H and O–H groups in total. The fourth-order valence-electron chi connectivity index (χ4n) is 2.94. The van der Waals surface area contributed by atoms with Crippen molar-refractivity contribution in [1.82, 2.24) is 14.5 Å². The Balaban J connectivity index is 1.70. The van der Waals surface area contributed by atoms with Crippen LogP contribution in [-0.4, -0.2) is 42.2 Å². The fraction of sp³-hybridized carbons (Fsp3) is 0.176. The Morgan fingerprint density at radius 3 is 2.72 bits per heavy atom. The van der Waals surface area contributed by atoms with Crippen molar-refractivity contribution in [2.24, 2.45) is 7.05 Å². The maximum atomic E-state index is 12.8. The predicted octanol–water partition coefficient (Wildman–Crippen LogP) is 0.379. The molecule has 1 aliphatic heterocycles. The minimum atomic E-state index is -4.09. The van der Waals surface area contributed by atoms with Gasteiger partial charge in [0.2, 0.25) is 0 Å². The van der Waals surface area contributed by atoms with Crippen LogP contribution in [0.2, 0.25) is 0 Å². The summed E-state index contributed by atoms with van der Waals surface area (Å²) in [6.07, 6.45) is 0.555. The molecule has 1 saturated heterocycles. The number of aryl methyl sites for hydroxylation is 1. The second-order valence-electron chi connectivity index (χ2n) is 6.28. The van der Waals surface area contributed by atoms with Crippen molar-refractivity contribution in [3.63, 3.8) is 0 Å². The third-order valence-electron chi connectivity index (χ3n) is 4.41. The lowest BCUT2D eigenvalue weighted by Gasteiger charge is -2.15. The summed E-state index contributed by atoms with van der Waals surface area (Å²) in [5.74, 6) is 0. The van der Waals surface area contributed by atoms with Gasteiger partial charge in [-0.05, 0) is 24.3 Å². The van der Waals surface area contributed by atoms with E-state index in [-0.39, 0.29) is 28.2 Å². The maximum absolute atomic E-state index is 12.8. The van der Waals surface area contributed by atoms with E-state index in [9.17, 15) is 22.8 Å². The molecule has 3 heterocycles. The predicted molar refractivity (Wildman–Crippen MR) is 104 cm³/mol. The normalized spacial score (nSPS) is 14.2. The van der Waals surface area contributed by atoms with Crippen molar-refractivity contribution in [3.8, 4) is 0 Å². The Bertz CT molecular complexity index is 1360. The zero-order chi connectivity index (χ0) is 20.8. The summed E-state index contributed by atoms with van der Waals surface area (Å²) in [6, 6.07) is 7.41. The van der Waals surface area contributed by atoms with Crippen LogP contribution in [0.15, 0.2) is 51.0 Å². The number of hydrogen-bond acceptors (Lipinski definition) is 7. The summed E-state index contributed by atoms with van der Waals surface area (Å²) in [7, 11) is -2.67. The van der Waals surface area contributed by atoms with E-state index in [1.54, 1.807) is 12.1 Å². The molecular weight excluding hydrogens is 402 g/mol. The number of pyridine rings is 1. The van der Waals surface area contributed by atoms with Crippen LogP contribution >= 0.6 is 0 Å². The number of sulfonamides is 1. The van der Waals surface area contributed by atoms with Crippen molar-refractivity contribution >= 4 is 38.5 Å². The second-order valence-corrected chi connectivity index (χ2v) is 7.96. The SMILES string of the molecule is Cn1c(=O)[nH]c(=O)c2cc(S(=O)(=O)Nc3cccc(N4CCOC4=O)c3)cnc21. The molecule has 0 radical (unpaired) electrons. The fourth-order valence-corrected chi connectivity index (χ4v) is 3.96. The maximum Gasteiger partial charge on any atom is 0.414 e. The molecule has 1 aliphatic rings. The number of amides is 1. The minimum Gasteiger partial charge on any atom is -0.447 e. The molecule has 0 atom stereocenters.